The molecule has 1 aromatic carbocycles. The number of aryl methyl sites for hydroxylation is 1. The largest absolute Gasteiger partial charge is 0.289 e. The molecule has 0 N–H and O–H groups in total. The molecule has 3 rings (SSSR count). The molecule has 0 fully saturated rings. The van der Waals surface area contributed by atoms with E-state index in [9.17, 15) is 0 Å². The van der Waals surface area contributed by atoms with Crippen molar-refractivity contribution in [3.63, 3.8) is 0 Å². The lowest BCUT2D eigenvalue weighted by atomic mass is 9.94. The Morgan fingerprint density at radius 2 is 1.95 bits per heavy atom. The fraction of sp³-hybridized carbons (Fsp3) is 0.421. The second kappa shape index (κ2) is 8.52. The van der Waals surface area contributed by atoms with Crippen LogP contribution in [-0.4, -0.2) is 12.3 Å². The van der Waals surface area contributed by atoms with E-state index in [-0.39, 0.29) is 0 Å². The van der Waals surface area contributed by atoms with Crippen LogP contribution in [0.4, 0.5) is 0 Å². The van der Waals surface area contributed by atoms with E-state index in [1.165, 1.54) is 24.0 Å². The number of allylic oxidation sites excluding steroid dienone is 2. The molecular weight excluding hydrogens is 242 g/mol. The lowest BCUT2D eigenvalue weighted by Gasteiger charge is -2.09. The van der Waals surface area contributed by atoms with Crippen LogP contribution in [-0.2, 0) is 0 Å². The summed E-state index contributed by atoms with van der Waals surface area (Å²) in [5.41, 5.74) is 4.30. The predicted molar refractivity (Wildman–Crippen MR) is 90.7 cm³/mol. The highest BCUT2D eigenvalue weighted by atomic mass is 14.8. The van der Waals surface area contributed by atoms with Crippen LogP contribution >= 0.6 is 0 Å². The van der Waals surface area contributed by atoms with E-state index in [1.807, 2.05) is 20.8 Å². The van der Waals surface area contributed by atoms with E-state index in [2.05, 4.69) is 55.1 Å². The summed E-state index contributed by atoms with van der Waals surface area (Å²) in [4.78, 5) is 4.59. The van der Waals surface area contributed by atoms with Gasteiger partial charge < -0.3 is 0 Å². The summed E-state index contributed by atoms with van der Waals surface area (Å²) in [5, 5.41) is 0. The molecule has 1 aliphatic heterocycles. The molecule has 1 aliphatic carbocycles. The Balaban J connectivity index is 0.000000357. The number of rotatable bonds is 2. The van der Waals surface area contributed by atoms with Gasteiger partial charge in [-0.1, -0.05) is 55.8 Å². The van der Waals surface area contributed by atoms with Crippen LogP contribution in [0.2, 0.25) is 0 Å². The Kier molecular flexibility index (Phi) is 7.00. The van der Waals surface area contributed by atoms with Crippen LogP contribution in [0.3, 0.4) is 0 Å². The molecule has 1 heterocycles. The molecule has 0 saturated carbocycles. The summed E-state index contributed by atoms with van der Waals surface area (Å²) in [6, 6.07) is 9.28. The average molecular weight is 269 g/mol. The monoisotopic (exact) mass is 269 g/mol. The summed E-state index contributed by atoms with van der Waals surface area (Å²) in [7, 11) is 0. The number of hydrogen-bond acceptors (Lipinski definition) is 1. The number of aliphatic imine (C=N–C) groups is 1. The molecule has 0 saturated heterocycles. The third-order valence-corrected chi connectivity index (χ3v) is 3.26. The van der Waals surface area contributed by atoms with Crippen molar-refractivity contribution in [3.05, 3.63) is 59.7 Å². The maximum atomic E-state index is 4.59. The SMILES string of the molecule is C=CC.CC.Cc1cccc(C2C=NC(C3=CC3)C2)c1. The van der Waals surface area contributed by atoms with Crippen LogP contribution in [0, 0.1) is 6.92 Å². The van der Waals surface area contributed by atoms with Crippen molar-refractivity contribution in [2.75, 3.05) is 0 Å². The molecule has 1 aromatic rings. The van der Waals surface area contributed by atoms with Crippen molar-refractivity contribution in [2.24, 2.45) is 4.99 Å². The standard InChI is InChI=1S/C14H15N.C3H6.C2H6/c1-10-3-2-4-12(7-10)13-8-14(15-9-13)11-5-6-11;1-3-2;1-2/h2-5,7,9,13-14H,6,8H2,1H3;3H,1H2,2H3;1-2H3. The van der Waals surface area contributed by atoms with Crippen LogP contribution in [0.1, 0.15) is 50.7 Å². The maximum Gasteiger partial charge on any atom is 0.0717 e. The van der Waals surface area contributed by atoms with Gasteiger partial charge in [-0.25, -0.2) is 0 Å². The molecule has 0 radical (unpaired) electrons. The van der Waals surface area contributed by atoms with Crippen LogP contribution in [0.15, 0.2) is 53.6 Å². The van der Waals surface area contributed by atoms with Crippen molar-refractivity contribution >= 4 is 6.21 Å². The average Bonchev–Trinajstić information content (AvgIpc) is 3.19. The zero-order valence-electron chi connectivity index (χ0n) is 13.3. The Labute approximate surface area is 124 Å². The van der Waals surface area contributed by atoms with Crippen molar-refractivity contribution in [1.29, 1.82) is 0 Å². The van der Waals surface area contributed by atoms with Gasteiger partial charge in [-0.2, -0.15) is 0 Å². The summed E-state index contributed by atoms with van der Waals surface area (Å²) >= 11 is 0. The molecule has 2 unspecified atom stereocenters. The van der Waals surface area contributed by atoms with Gasteiger partial charge in [0.1, 0.15) is 0 Å². The van der Waals surface area contributed by atoms with Gasteiger partial charge in [0.2, 0.25) is 0 Å². The Bertz CT molecular complexity index is 482. The zero-order valence-corrected chi connectivity index (χ0v) is 13.3. The summed E-state index contributed by atoms with van der Waals surface area (Å²) in [6.45, 7) is 11.4. The smallest absolute Gasteiger partial charge is 0.0717 e. The van der Waals surface area contributed by atoms with E-state index in [0.717, 1.165) is 0 Å². The van der Waals surface area contributed by atoms with E-state index >= 15 is 0 Å². The van der Waals surface area contributed by atoms with Crippen molar-refractivity contribution in [1.82, 2.24) is 0 Å². The molecule has 20 heavy (non-hydrogen) atoms. The highest BCUT2D eigenvalue weighted by molar-refractivity contribution is 5.71. The molecule has 2 aliphatic rings. The molecule has 0 bridgehead atoms. The highest BCUT2D eigenvalue weighted by Gasteiger charge is 2.27. The predicted octanol–water partition coefficient (Wildman–Crippen LogP) is 5.47. The third-order valence-electron chi connectivity index (χ3n) is 3.26. The fourth-order valence-corrected chi connectivity index (χ4v) is 2.27. The first-order chi connectivity index (χ1) is 9.74. The van der Waals surface area contributed by atoms with Gasteiger partial charge in [-0.15, -0.1) is 6.58 Å². The van der Waals surface area contributed by atoms with Crippen molar-refractivity contribution < 1.29 is 0 Å². The zero-order chi connectivity index (χ0) is 15.0. The van der Waals surface area contributed by atoms with Gasteiger partial charge >= 0.3 is 0 Å². The van der Waals surface area contributed by atoms with E-state index < -0.39 is 0 Å². The third kappa shape index (κ3) is 4.80. The summed E-state index contributed by atoms with van der Waals surface area (Å²) in [6.07, 6.45) is 8.55. The van der Waals surface area contributed by atoms with Gasteiger partial charge in [-0.05, 0) is 37.8 Å². The summed E-state index contributed by atoms with van der Waals surface area (Å²) < 4.78 is 0. The quantitative estimate of drug-likeness (QED) is 0.631. The normalized spacial score (nSPS) is 21.9. The molecule has 1 heteroatoms. The molecule has 0 amide bonds. The maximum absolute atomic E-state index is 4.59. The van der Waals surface area contributed by atoms with Gasteiger partial charge in [0, 0.05) is 12.1 Å². The van der Waals surface area contributed by atoms with Gasteiger partial charge in [-0.3, -0.25) is 4.99 Å². The molecule has 0 spiro atoms. The lowest BCUT2D eigenvalue weighted by molar-refractivity contribution is 0.728. The van der Waals surface area contributed by atoms with Gasteiger partial charge in [0.05, 0.1) is 6.04 Å². The molecular formula is C19H27N. The van der Waals surface area contributed by atoms with Crippen molar-refractivity contribution in [3.8, 4) is 0 Å². The highest BCUT2D eigenvalue weighted by Crippen LogP contribution is 2.35. The van der Waals surface area contributed by atoms with Crippen LogP contribution < -0.4 is 0 Å². The molecule has 2 atom stereocenters. The first kappa shape index (κ1) is 16.4. The lowest BCUT2D eigenvalue weighted by Crippen LogP contribution is -2.02. The van der Waals surface area contributed by atoms with Crippen LogP contribution in [0.25, 0.3) is 0 Å². The van der Waals surface area contributed by atoms with Crippen molar-refractivity contribution in [2.45, 2.75) is 52.5 Å². The first-order valence-electron chi connectivity index (χ1n) is 7.60. The Morgan fingerprint density at radius 3 is 2.50 bits per heavy atom. The molecule has 1 nitrogen and oxygen atoms in total. The number of nitrogens with zero attached hydrogens (tertiary/aromatic N) is 1. The van der Waals surface area contributed by atoms with E-state index in [1.54, 1.807) is 11.6 Å². The Morgan fingerprint density at radius 1 is 1.30 bits per heavy atom. The minimum atomic E-state index is 0.496. The second-order valence-corrected chi connectivity index (χ2v) is 4.96. The van der Waals surface area contributed by atoms with Gasteiger partial charge in [0.15, 0.2) is 0 Å². The second-order valence-electron chi connectivity index (χ2n) is 4.96. The molecule has 0 aromatic heterocycles. The van der Waals surface area contributed by atoms with E-state index in [4.69, 9.17) is 0 Å². The molecule has 108 valence electrons. The minimum absolute atomic E-state index is 0.496. The number of hydrogen-bond donors (Lipinski definition) is 0. The fourth-order valence-electron chi connectivity index (χ4n) is 2.27. The van der Waals surface area contributed by atoms with Crippen LogP contribution in [0.5, 0.6) is 0 Å². The van der Waals surface area contributed by atoms with Gasteiger partial charge in [0.25, 0.3) is 0 Å². The van der Waals surface area contributed by atoms with E-state index in [0.29, 0.717) is 12.0 Å². The topological polar surface area (TPSA) is 12.4 Å². The minimum Gasteiger partial charge on any atom is -0.289 e. The summed E-state index contributed by atoms with van der Waals surface area (Å²) in [5.74, 6) is 0.538. The Hall–Kier alpha value is -1.63. The number of benzene rings is 1. The first-order valence-corrected chi connectivity index (χ1v) is 7.60.